The number of halogens is 1. The molecule has 0 radical (unpaired) electrons. The summed E-state index contributed by atoms with van der Waals surface area (Å²) in [6, 6.07) is 7.37. The van der Waals surface area contributed by atoms with Crippen molar-refractivity contribution in [1.29, 1.82) is 0 Å². The van der Waals surface area contributed by atoms with E-state index in [1.54, 1.807) is 54.5 Å². The minimum Gasteiger partial charge on any atom is -0.497 e. The zero-order valence-electron chi connectivity index (χ0n) is 18.5. The van der Waals surface area contributed by atoms with Gasteiger partial charge in [-0.15, -0.1) is 0 Å². The van der Waals surface area contributed by atoms with Gasteiger partial charge in [0.15, 0.2) is 11.6 Å². The van der Waals surface area contributed by atoms with E-state index in [9.17, 15) is 14.0 Å². The van der Waals surface area contributed by atoms with Crippen molar-refractivity contribution < 1.29 is 23.5 Å². The number of ketones is 1. The van der Waals surface area contributed by atoms with E-state index in [0.29, 0.717) is 45.0 Å². The number of Topliss-reactive ketones (excluding diaryl/α,β-unsaturated/α-hetero) is 1. The van der Waals surface area contributed by atoms with Crippen molar-refractivity contribution in [3.8, 4) is 22.8 Å². The summed E-state index contributed by atoms with van der Waals surface area (Å²) < 4.78 is 27.5. The number of hydrogen-bond donors (Lipinski definition) is 3. The van der Waals surface area contributed by atoms with E-state index in [1.165, 1.54) is 20.2 Å². The van der Waals surface area contributed by atoms with Crippen molar-refractivity contribution in [2.75, 3.05) is 19.5 Å². The molecule has 9 nitrogen and oxygen atoms in total. The average molecular weight is 461 g/mol. The van der Waals surface area contributed by atoms with Crippen LogP contribution in [0, 0.1) is 5.82 Å². The van der Waals surface area contributed by atoms with Crippen molar-refractivity contribution in [1.82, 2.24) is 20.1 Å². The van der Waals surface area contributed by atoms with Crippen LogP contribution in [0.1, 0.15) is 15.9 Å². The van der Waals surface area contributed by atoms with Crippen LogP contribution in [0.3, 0.4) is 0 Å². The fourth-order valence-corrected chi connectivity index (χ4v) is 3.89. The predicted molar refractivity (Wildman–Crippen MR) is 124 cm³/mol. The standard InChI is InChI=1S/C24H20FN5O4/c1-26-24(32)28-13-4-5-19-17(6-13)23(31)20(34-19)9-16-15-7-14(33-3)8-18(25)22(15)29-21(16)12-10-27-30(2)11-12/h4-11,29H,1-3H3,(H2,26,28,32)/b20-9-. The van der Waals surface area contributed by atoms with Gasteiger partial charge in [-0.05, 0) is 30.3 Å². The van der Waals surface area contributed by atoms with Gasteiger partial charge < -0.3 is 25.1 Å². The van der Waals surface area contributed by atoms with Crippen LogP contribution in [-0.2, 0) is 7.05 Å². The number of aryl methyl sites for hydroxylation is 1. The number of carbonyl (C=O) groups excluding carboxylic acids is 2. The second-order valence-corrected chi connectivity index (χ2v) is 7.70. The molecule has 2 amide bonds. The minimum atomic E-state index is -0.490. The Kier molecular flexibility index (Phi) is 5.05. The fourth-order valence-electron chi connectivity index (χ4n) is 3.89. The van der Waals surface area contributed by atoms with Gasteiger partial charge in [-0.2, -0.15) is 5.10 Å². The zero-order valence-corrected chi connectivity index (χ0v) is 18.5. The Hall–Kier alpha value is -4.60. The van der Waals surface area contributed by atoms with Gasteiger partial charge in [-0.1, -0.05) is 0 Å². The molecule has 10 heteroatoms. The fraction of sp³-hybridized carbons (Fsp3) is 0.125. The number of urea groups is 1. The molecular weight excluding hydrogens is 441 g/mol. The molecule has 3 heterocycles. The lowest BCUT2D eigenvalue weighted by molar-refractivity contribution is 0.101. The van der Waals surface area contributed by atoms with Crippen LogP contribution in [0.15, 0.2) is 48.5 Å². The number of benzene rings is 2. The molecule has 0 saturated carbocycles. The van der Waals surface area contributed by atoms with Crippen molar-refractivity contribution in [3.63, 3.8) is 0 Å². The highest BCUT2D eigenvalue weighted by molar-refractivity contribution is 6.16. The smallest absolute Gasteiger partial charge is 0.318 e. The number of aromatic amines is 1. The molecule has 0 fully saturated rings. The van der Waals surface area contributed by atoms with E-state index in [1.807, 2.05) is 0 Å². The molecule has 1 aliphatic heterocycles. The molecule has 2 aromatic carbocycles. The molecule has 34 heavy (non-hydrogen) atoms. The van der Waals surface area contributed by atoms with Gasteiger partial charge in [0, 0.05) is 48.6 Å². The Bertz CT molecular complexity index is 1500. The molecule has 0 bridgehead atoms. The molecular formula is C24H20FN5O4. The maximum atomic E-state index is 14.8. The molecule has 0 unspecified atom stereocenters. The largest absolute Gasteiger partial charge is 0.497 e. The van der Waals surface area contributed by atoms with Crippen LogP contribution in [0.2, 0.25) is 0 Å². The molecule has 4 aromatic rings. The normalized spacial score (nSPS) is 13.8. The second kappa shape index (κ2) is 8.07. The number of anilines is 1. The zero-order chi connectivity index (χ0) is 24.0. The monoisotopic (exact) mass is 461 g/mol. The Morgan fingerprint density at radius 3 is 2.82 bits per heavy atom. The summed E-state index contributed by atoms with van der Waals surface area (Å²) in [5.74, 6) is -0.0683. The summed E-state index contributed by atoms with van der Waals surface area (Å²) in [7, 11) is 4.73. The molecule has 0 aliphatic carbocycles. The Morgan fingerprint density at radius 2 is 2.12 bits per heavy atom. The number of H-pyrrole nitrogens is 1. The predicted octanol–water partition coefficient (Wildman–Crippen LogP) is 4.08. The maximum Gasteiger partial charge on any atom is 0.318 e. The first kappa shape index (κ1) is 21.3. The molecule has 172 valence electrons. The number of allylic oxidation sites excluding steroid dienone is 1. The number of nitrogens with one attached hydrogen (secondary N) is 3. The SMILES string of the molecule is CNC(=O)Nc1ccc2c(c1)C(=O)/C(=C/c1c(-c3cnn(C)c3)[nH]c3c(F)cc(OC)cc13)O2. The van der Waals surface area contributed by atoms with E-state index in [-0.39, 0.29) is 17.1 Å². The number of amides is 2. The lowest BCUT2D eigenvalue weighted by Gasteiger charge is -2.04. The quantitative estimate of drug-likeness (QED) is 0.397. The summed E-state index contributed by atoms with van der Waals surface area (Å²) in [6.07, 6.45) is 5.00. The number of aromatic nitrogens is 3. The maximum absolute atomic E-state index is 14.8. The third-order valence-electron chi connectivity index (χ3n) is 5.53. The highest BCUT2D eigenvalue weighted by Gasteiger charge is 2.29. The van der Waals surface area contributed by atoms with Crippen molar-refractivity contribution in [3.05, 3.63) is 65.4 Å². The first-order chi connectivity index (χ1) is 16.4. The number of nitrogens with zero attached hydrogens (tertiary/aromatic N) is 2. The highest BCUT2D eigenvalue weighted by atomic mass is 19.1. The van der Waals surface area contributed by atoms with E-state index < -0.39 is 11.8 Å². The second-order valence-electron chi connectivity index (χ2n) is 7.70. The first-order valence-electron chi connectivity index (χ1n) is 10.3. The van der Waals surface area contributed by atoms with Crippen LogP contribution < -0.4 is 20.1 Å². The number of hydrogen-bond acceptors (Lipinski definition) is 5. The number of fused-ring (bicyclic) bond motifs is 2. The lowest BCUT2D eigenvalue weighted by Crippen LogP contribution is -2.24. The summed E-state index contributed by atoms with van der Waals surface area (Å²) in [6.45, 7) is 0. The first-order valence-corrected chi connectivity index (χ1v) is 10.3. The van der Waals surface area contributed by atoms with Gasteiger partial charge in [0.25, 0.3) is 0 Å². The van der Waals surface area contributed by atoms with Crippen LogP contribution in [-0.4, -0.2) is 40.7 Å². The van der Waals surface area contributed by atoms with Crippen LogP contribution in [0.4, 0.5) is 14.9 Å². The molecule has 5 rings (SSSR count). The molecule has 0 spiro atoms. The van der Waals surface area contributed by atoms with Gasteiger partial charge in [-0.25, -0.2) is 9.18 Å². The van der Waals surface area contributed by atoms with Crippen molar-refractivity contribution in [2.24, 2.45) is 7.05 Å². The van der Waals surface area contributed by atoms with Crippen LogP contribution in [0.25, 0.3) is 28.2 Å². The molecule has 0 saturated heterocycles. The molecule has 0 atom stereocenters. The van der Waals surface area contributed by atoms with Gasteiger partial charge in [0.05, 0.1) is 30.1 Å². The Balaban J connectivity index is 1.63. The van der Waals surface area contributed by atoms with Gasteiger partial charge in [0.1, 0.15) is 11.5 Å². The third-order valence-corrected chi connectivity index (χ3v) is 5.53. The minimum absolute atomic E-state index is 0.0707. The summed E-state index contributed by atoms with van der Waals surface area (Å²) in [5.41, 5.74) is 2.88. The Labute approximate surface area is 193 Å². The number of rotatable bonds is 4. The van der Waals surface area contributed by atoms with Gasteiger partial charge in [0.2, 0.25) is 5.78 Å². The van der Waals surface area contributed by atoms with E-state index in [2.05, 4.69) is 20.7 Å². The van der Waals surface area contributed by atoms with E-state index in [0.717, 1.165) is 0 Å². The average Bonchev–Trinajstić information content (AvgIpc) is 3.50. The molecule has 2 aromatic heterocycles. The summed E-state index contributed by atoms with van der Waals surface area (Å²) >= 11 is 0. The van der Waals surface area contributed by atoms with Gasteiger partial charge in [-0.3, -0.25) is 9.48 Å². The topological polar surface area (TPSA) is 110 Å². The number of methoxy groups -OCH3 is 1. The lowest BCUT2D eigenvalue weighted by atomic mass is 10.0. The Morgan fingerprint density at radius 1 is 1.29 bits per heavy atom. The van der Waals surface area contributed by atoms with Crippen molar-refractivity contribution in [2.45, 2.75) is 0 Å². The van der Waals surface area contributed by atoms with Crippen LogP contribution in [0.5, 0.6) is 11.5 Å². The summed E-state index contributed by atoms with van der Waals surface area (Å²) in [4.78, 5) is 27.9. The molecule has 1 aliphatic rings. The van der Waals surface area contributed by atoms with Crippen LogP contribution >= 0.6 is 0 Å². The summed E-state index contributed by atoms with van der Waals surface area (Å²) in [5, 5.41) is 9.81. The van der Waals surface area contributed by atoms with E-state index in [4.69, 9.17) is 9.47 Å². The van der Waals surface area contributed by atoms with Crippen molar-refractivity contribution >= 4 is 34.5 Å². The van der Waals surface area contributed by atoms with Gasteiger partial charge >= 0.3 is 6.03 Å². The number of carbonyl (C=O) groups is 2. The van der Waals surface area contributed by atoms with E-state index >= 15 is 0 Å². The molecule has 3 N–H and O–H groups in total. The third kappa shape index (κ3) is 3.54. The number of ether oxygens (including phenoxy) is 2. The highest BCUT2D eigenvalue weighted by Crippen LogP contribution is 2.38.